The van der Waals surface area contributed by atoms with Gasteiger partial charge in [0, 0.05) is 37.2 Å². The van der Waals surface area contributed by atoms with Crippen LogP contribution < -0.4 is 10.6 Å². The Hall–Kier alpha value is -2.08. The molecule has 5 nitrogen and oxygen atoms in total. The van der Waals surface area contributed by atoms with Crippen LogP contribution in [0.15, 0.2) is 29.4 Å². The highest BCUT2D eigenvalue weighted by atomic mass is 19.1. The number of nitrogens with one attached hydrogen (secondary N) is 3. The van der Waals surface area contributed by atoms with E-state index in [1.807, 2.05) is 12.3 Å². The second-order valence-electron chi connectivity index (χ2n) is 5.84. The number of hydrogen-bond acceptors (Lipinski definition) is 2. The molecular weight excluding hydrogens is 293 g/mol. The van der Waals surface area contributed by atoms with Gasteiger partial charge in [0.2, 0.25) is 0 Å². The smallest absolute Gasteiger partial charge is 0.190 e. The van der Waals surface area contributed by atoms with Crippen LogP contribution in [0.2, 0.25) is 0 Å². The number of benzene rings is 1. The van der Waals surface area contributed by atoms with Gasteiger partial charge in [0.15, 0.2) is 5.96 Å². The van der Waals surface area contributed by atoms with Crippen molar-refractivity contribution >= 4 is 16.9 Å². The van der Waals surface area contributed by atoms with Gasteiger partial charge in [-0.3, -0.25) is 4.99 Å². The van der Waals surface area contributed by atoms with Crippen molar-refractivity contribution in [2.75, 3.05) is 40.8 Å². The number of nitrogens with zero attached hydrogens (tertiary/aromatic N) is 2. The summed E-state index contributed by atoms with van der Waals surface area (Å²) < 4.78 is 13.2. The molecule has 0 unspecified atom stereocenters. The summed E-state index contributed by atoms with van der Waals surface area (Å²) in [5.74, 6) is 0.598. The predicted molar refractivity (Wildman–Crippen MR) is 94.5 cm³/mol. The molecule has 2 aromatic rings. The molecule has 2 rings (SSSR count). The number of guanidine groups is 1. The van der Waals surface area contributed by atoms with Crippen molar-refractivity contribution in [3.05, 3.63) is 35.8 Å². The number of H-pyrrole nitrogens is 1. The highest BCUT2D eigenvalue weighted by Crippen LogP contribution is 2.19. The van der Waals surface area contributed by atoms with E-state index in [0.717, 1.165) is 49.3 Å². The number of halogens is 1. The Morgan fingerprint density at radius 2 is 2.04 bits per heavy atom. The normalized spacial score (nSPS) is 12.1. The van der Waals surface area contributed by atoms with E-state index in [0.29, 0.717) is 0 Å². The topological polar surface area (TPSA) is 55.5 Å². The Labute approximate surface area is 137 Å². The Kier molecular flexibility index (Phi) is 6.40. The molecule has 0 radical (unpaired) electrons. The van der Waals surface area contributed by atoms with Crippen molar-refractivity contribution < 1.29 is 4.39 Å². The molecule has 0 saturated carbocycles. The zero-order chi connectivity index (χ0) is 16.7. The Balaban J connectivity index is 1.78. The lowest BCUT2D eigenvalue weighted by Gasteiger charge is -2.13. The van der Waals surface area contributed by atoms with Crippen LogP contribution in [0.5, 0.6) is 0 Å². The molecular formula is C17H26FN5. The standard InChI is InChI=1S/C17H26FN5/c1-19-17(20-8-4-10-23(2)3)21-9-7-13-12-22-16-11-14(18)5-6-15(13)16/h5-6,11-12,22H,4,7-10H2,1-3H3,(H2,19,20,21). The maximum absolute atomic E-state index is 13.2. The summed E-state index contributed by atoms with van der Waals surface area (Å²) in [5.41, 5.74) is 2.02. The minimum Gasteiger partial charge on any atom is -0.361 e. The third-order valence-corrected chi connectivity index (χ3v) is 3.71. The van der Waals surface area contributed by atoms with Gasteiger partial charge in [-0.15, -0.1) is 0 Å². The van der Waals surface area contributed by atoms with Crippen molar-refractivity contribution in [3.63, 3.8) is 0 Å². The quantitative estimate of drug-likeness (QED) is 0.415. The summed E-state index contributed by atoms with van der Waals surface area (Å²) in [6.07, 6.45) is 3.87. The van der Waals surface area contributed by atoms with E-state index in [-0.39, 0.29) is 5.82 Å². The molecule has 23 heavy (non-hydrogen) atoms. The first-order valence-electron chi connectivity index (χ1n) is 7.95. The SMILES string of the molecule is CN=C(NCCCN(C)C)NCCc1c[nH]c2cc(F)ccc12. The molecule has 0 atom stereocenters. The van der Waals surface area contributed by atoms with Gasteiger partial charge in [-0.2, -0.15) is 0 Å². The number of aromatic amines is 1. The molecule has 0 amide bonds. The summed E-state index contributed by atoms with van der Waals surface area (Å²) in [4.78, 5) is 9.50. The average molecular weight is 319 g/mol. The van der Waals surface area contributed by atoms with E-state index in [2.05, 4.69) is 39.6 Å². The first kappa shape index (κ1) is 17.3. The second-order valence-corrected chi connectivity index (χ2v) is 5.84. The van der Waals surface area contributed by atoms with Gasteiger partial charge in [0.1, 0.15) is 5.82 Å². The lowest BCUT2D eigenvalue weighted by atomic mass is 10.1. The maximum atomic E-state index is 13.2. The molecule has 0 spiro atoms. The minimum absolute atomic E-state index is 0.216. The number of aromatic nitrogens is 1. The van der Waals surface area contributed by atoms with Gasteiger partial charge in [0.25, 0.3) is 0 Å². The average Bonchev–Trinajstić information content (AvgIpc) is 2.91. The molecule has 0 aliphatic rings. The number of fused-ring (bicyclic) bond motifs is 1. The van der Waals surface area contributed by atoms with E-state index < -0.39 is 0 Å². The number of aliphatic imine (C=N–C) groups is 1. The predicted octanol–water partition coefficient (Wildman–Crippen LogP) is 1.97. The Bertz CT molecular complexity index is 647. The summed E-state index contributed by atoms with van der Waals surface area (Å²) in [7, 11) is 5.91. The van der Waals surface area contributed by atoms with Crippen LogP contribution in [0.3, 0.4) is 0 Å². The van der Waals surface area contributed by atoms with Gasteiger partial charge in [0.05, 0.1) is 0 Å². The molecule has 0 aliphatic carbocycles. The molecule has 1 aromatic heterocycles. The highest BCUT2D eigenvalue weighted by molar-refractivity contribution is 5.83. The molecule has 0 bridgehead atoms. The van der Waals surface area contributed by atoms with E-state index in [1.54, 1.807) is 7.05 Å². The zero-order valence-corrected chi connectivity index (χ0v) is 14.1. The van der Waals surface area contributed by atoms with Crippen molar-refractivity contribution in [2.45, 2.75) is 12.8 Å². The van der Waals surface area contributed by atoms with Crippen LogP contribution in [0.1, 0.15) is 12.0 Å². The van der Waals surface area contributed by atoms with Crippen LogP contribution >= 0.6 is 0 Å². The number of rotatable bonds is 7. The van der Waals surface area contributed by atoms with E-state index in [4.69, 9.17) is 0 Å². The second kappa shape index (κ2) is 8.53. The lowest BCUT2D eigenvalue weighted by Crippen LogP contribution is -2.39. The van der Waals surface area contributed by atoms with E-state index in [9.17, 15) is 4.39 Å². The van der Waals surface area contributed by atoms with E-state index in [1.165, 1.54) is 17.7 Å². The van der Waals surface area contributed by atoms with Crippen LogP contribution in [-0.2, 0) is 6.42 Å². The fourth-order valence-electron chi connectivity index (χ4n) is 2.50. The first-order chi connectivity index (χ1) is 11.1. The minimum atomic E-state index is -0.216. The molecule has 3 N–H and O–H groups in total. The van der Waals surface area contributed by atoms with Crippen molar-refractivity contribution in [2.24, 2.45) is 4.99 Å². The van der Waals surface area contributed by atoms with Crippen molar-refractivity contribution in [1.29, 1.82) is 0 Å². The maximum Gasteiger partial charge on any atom is 0.190 e. The Morgan fingerprint density at radius 1 is 1.26 bits per heavy atom. The van der Waals surface area contributed by atoms with Gasteiger partial charge in [-0.1, -0.05) is 0 Å². The number of hydrogen-bond donors (Lipinski definition) is 3. The van der Waals surface area contributed by atoms with Crippen molar-refractivity contribution in [1.82, 2.24) is 20.5 Å². The molecule has 1 heterocycles. The van der Waals surface area contributed by atoms with Gasteiger partial charge < -0.3 is 20.5 Å². The molecule has 1 aromatic carbocycles. The van der Waals surface area contributed by atoms with Crippen LogP contribution in [0, 0.1) is 5.82 Å². The summed E-state index contributed by atoms with van der Waals surface area (Å²) in [5, 5.41) is 7.68. The zero-order valence-electron chi connectivity index (χ0n) is 14.1. The van der Waals surface area contributed by atoms with Crippen LogP contribution in [0.4, 0.5) is 4.39 Å². The van der Waals surface area contributed by atoms with Gasteiger partial charge in [-0.05, 0) is 57.2 Å². The largest absolute Gasteiger partial charge is 0.361 e. The summed E-state index contributed by atoms with van der Waals surface area (Å²) >= 11 is 0. The fourth-order valence-corrected chi connectivity index (χ4v) is 2.50. The lowest BCUT2D eigenvalue weighted by molar-refractivity contribution is 0.399. The third-order valence-electron chi connectivity index (χ3n) is 3.71. The summed E-state index contributed by atoms with van der Waals surface area (Å²) in [6.45, 7) is 2.72. The monoisotopic (exact) mass is 319 g/mol. The molecule has 0 saturated heterocycles. The van der Waals surface area contributed by atoms with Crippen molar-refractivity contribution in [3.8, 4) is 0 Å². The van der Waals surface area contributed by atoms with Gasteiger partial charge in [-0.25, -0.2) is 4.39 Å². The molecule has 6 heteroatoms. The molecule has 0 fully saturated rings. The van der Waals surface area contributed by atoms with Crippen LogP contribution in [0.25, 0.3) is 10.9 Å². The third kappa shape index (κ3) is 5.25. The van der Waals surface area contributed by atoms with Crippen LogP contribution in [-0.4, -0.2) is 56.6 Å². The summed E-state index contributed by atoms with van der Waals surface area (Å²) in [6, 6.07) is 4.85. The highest BCUT2D eigenvalue weighted by Gasteiger charge is 2.05. The first-order valence-corrected chi connectivity index (χ1v) is 7.95. The molecule has 126 valence electrons. The Morgan fingerprint density at radius 3 is 2.78 bits per heavy atom. The fraction of sp³-hybridized carbons (Fsp3) is 0.471. The van der Waals surface area contributed by atoms with E-state index >= 15 is 0 Å². The van der Waals surface area contributed by atoms with Gasteiger partial charge >= 0.3 is 0 Å². The molecule has 0 aliphatic heterocycles.